The first-order chi connectivity index (χ1) is 20.9. The molecule has 44 heavy (non-hydrogen) atoms. The zero-order valence-electron chi connectivity index (χ0n) is 28.0. The number of benzene rings is 1. The molecular weight excluding hydrogens is 562 g/mol. The normalized spacial score (nSPS) is 11.1. The standard InChI is InChI=1S/C25H35N3O6.C5H12.C3H8.CH4O/c1-3-6-19(7-4-5-16-29)12-15-27-25(34)21(28-18(2)30)9-11-24(33)26-14-13-20-8-10-22(31)23(32)17-20;1-4-5(2)3;1-3-2;1-2/h3-6,8,10,17,21,29,31-32H,1,7,9,11-16H2,2H3,(H,26,33)(H,27,34)(H,28,30);5H,4H2,1-3H3;3H2,1-2H3;2H,1H3/b5-4-,19-6+;;;. The number of phenols is 2. The Balaban J connectivity index is -0.00000147. The van der Waals surface area contributed by atoms with Gasteiger partial charge in [-0.25, -0.2) is 0 Å². The van der Waals surface area contributed by atoms with Gasteiger partial charge in [0.1, 0.15) is 6.04 Å². The molecule has 0 aliphatic rings. The number of phenolic OH excluding ortho intramolecular Hbond substituents is 2. The molecule has 10 nitrogen and oxygen atoms in total. The van der Waals surface area contributed by atoms with E-state index in [0.717, 1.165) is 24.2 Å². The van der Waals surface area contributed by atoms with Crippen LogP contribution in [0.2, 0.25) is 0 Å². The average molecular weight is 622 g/mol. The lowest BCUT2D eigenvalue weighted by atomic mass is 10.1. The van der Waals surface area contributed by atoms with Crippen LogP contribution in [0.3, 0.4) is 0 Å². The van der Waals surface area contributed by atoms with Gasteiger partial charge in [-0.15, -0.1) is 0 Å². The average Bonchev–Trinajstić information content (AvgIpc) is 2.98. The maximum Gasteiger partial charge on any atom is 0.242 e. The molecule has 10 heteroatoms. The lowest BCUT2D eigenvalue weighted by molar-refractivity contribution is -0.128. The van der Waals surface area contributed by atoms with Gasteiger partial charge in [-0.1, -0.05) is 90.0 Å². The van der Waals surface area contributed by atoms with Gasteiger partial charge in [0.05, 0.1) is 6.61 Å². The molecular formula is C34H59N3O7. The number of allylic oxidation sites excluding steroid dienone is 3. The number of carbonyl (C=O) groups is 3. The van der Waals surface area contributed by atoms with Crippen molar-refractivity contribution in [2.75, 3.05) is 26.8 Å². The molecule has 1 aromatic carbocycles. The summed E-state index contributed by atoms with van der Waals surface area (Å²) < 4.78 is 0. The van der Waals surface area contributed by atoms with E-state index in [2.05, 4.69) is 57.1 Å². The van der Waals surface area contributed by atoms with E-state index in [4.69, 9.17) is 10.2 Å². The highest BCUT2D eigenvalue weighted by Crippen LogP contribution is 2.24. The van der Waals surface area contributed by atoms with Crippen molar-refractivity contribution in [3.05, 3.63) is 60.2 Å². The maximum absolute atomic E-state index is 12.6. The van der Waals surface area contributed by atoms with Crippen LogP contribution in [-0.4, -0.2) is 71.0 Å². The molecule has 1 rings (SSSR count). The van der Waals surface area contributed by atoms with E-state index < -0.39 is 6.04 Å². The number of nitrogens with one attached hydrogen (secondary N) is 3. The minimum Gasteiger partial charge on any atom is -0.504 e. The molecule has 0 spiro atoms. The summed E-state index contributed by atoms with van der Waals surface area (Å²) in [6.07, 6.45) is 11.4. The van der Waals surface area contributed by atoms with Gasteiger partial charge >= 0.3 is 0 Å². The van der Waals surface area contributed by atoms with E-state index in [-0.39, 0.29) is 48.7 Å². The molecule has 3 amide bonds. The van der Waals surface area contributed by atoms with Gasteiger partial charge in [0.15, 0.2) is 11.5 Å². The SMILES string of the molecule is C=C/C=C(\C/C=C\CO)CCNC(=O)C(CCC(=O)NCCc1ccc(O)c(O)c1)NC(C)=O.CCC.CCC(C)C.CO. The molecule has 1 atom stereocenters. The summed E-state index contributed by atoms with van der Waals surface area (Å²) >= 11 is 0. The lowest BCUT2D eigenvalue weighted by Gasteiger charge is -2.18. The summed E-state index contributed by atoms with van der Waals surface area (Å²) in [5.41, 5.74) is 1.78. The topological polar surface area (TPSA) is 168 Å². The van der Waals surface area contributed by atoms with E-state index in [1.54, 1.807) is 18.2 Å². The Morgan fingerprint density at radius 1 is 0.955 bits per heavy atom. The molecule has 0 aromatic heterocycles. The number of aliphatic hydroxyl groups excluding tert-OH is 2. The molecule has 1 aromatic rings. The van der Waals surface area contributed by atoms with Gasteiger partial charge in [-0.2, -0.15) is 0 Å². The summed E-state index contributed by atoms with van der Waals surface area (Å²) in [7, 11) is 1.00. The Labute approximate surface area is 265 Å². The first kappa shape index (κ1) is 44.8. The van der Waals surface area contributed by atoms with Crippen molar-refractivity contribution < 1.29 is 34.8 Å². The first-order valence-electron chi connectivity index (χ1n) is 15.3. The van der Waals surface area contributed by atoms with Crippen molar-refractivity contribution in [2.24, 2.45) is 5.92 Å². The van der Waals surface area contributed by atoms with Gasteiger partial charge in [0.25, 0.3) is 0 Å². The van der Waals surface area contributed by atoms with Crippen LogP contribution in [0.5, 0.6) is 11.5 Å². The minimum atomic E-state index is -0.835. The van der Waals surface area contributed by atoms with Crippen LogP contribution in [-0.2, 0) is 20.8 Å². The number of aliphatic hydroxyl groups is 2. The molecule has 0 saturated heterocycles. The van der Waals surface area contributed by atoms with Crippen LogP contribution in [0.4, 0.5) is 0 Å². The Morgan fingerprint density at radius 3 is 2.07 bits per heavy atom. The smallest absolute Gasteiger partial charge is 0.242 e. The number of aromatic hydroxyl groups is 2. The highest BCUT2D eigenvalue weighted by molar-refractivity contribution is 5.87. The second-order valence-electron chi connectivity index (χ2n) is 10.2. The molecule has 0 aliphatic carbocycles. The van der Waals surface area contributed by atoms with Crippen molar-refractivity contribution in [2.45, 2.75) is 92.5 Å². The molecule has 1 unspecified atom stereocenters. The molecule has 7 N–H and O–H groups in total. The first-order valence-corrected chi connectivity index (χ1v) is 15.3. The highest BCUT2D eigenvalue weighted by Gasteiger charge is 2.20. The predicted molar refractivity (Wildman–Crippen MR) is 179 cm³/mol. The van der Waals surface area contributed by atoms with E-state index in [1.165, 1.54) is 31.9 Å². The van der Waals surface area contributed by atoms with E-state index in [9.17, 15) is 24.6 Å². The zero-order chi connectivity index (χ0) is 34.3. The van der Waals surface area contributed by atoms with E-state index in [1.807, 2.05) is 12.2 Å². The Hall–Kier alpha value is -3.63. The third kappa shape index (κ3) is 27.2. The minimum absolute atomic E-state index is 0.0372. The molecule has 252 valence electrons. The van der Waals surface area contributed by atoms with Crippen molar-refractivity contribution in [1.82, 2.24) is 16.0 Å². The number of hydrogen-bond donors (Lipinski definition) is 7. The van der Waals surface area contributed by atoms with Gasteiger partial charge in [0, 0.05) is 33.5 Å². The largest absolute Gasteiger partial charge is 0.504 e. The summed E-state index contributed by atoms with van der Waals surface area (Å²) in [6.45, 7) is 16.5. The summed E-state index contributed by atoms with van der Waals surface area (Å²) in [4.78, 5) is 36.3. The van der Waals surface area contributed by atoms with Crippen LogP contribution >= 0.6 is 0 Å². The monoisotopic (exact) mass is 621 g/mol. The predicted octanol–water partition coefficient (Wildman–Crippen LogP) is 4.68. The fourth-order valence-corrected chi connectivity index (χ4v) is 3.15. The fraction of sp³-hybridized carbons (Fsp3) is 0.559. The molecule has 0 saturated carbocycles. The van der Waals surface area contributed by atoms with Crippen molar-refractivity contribution in [3.8, 4) is 11.5 Å². The summed E-state index contributed by atoms with van der Waals surface area (Å²) in [6, 6.07) is 3.62. The third-order valence-electron chi connectivity index (χ3n) is 5.70. The quantitative estimate of drug-likeness (QED) is 0.0799. The second kappa shape index (κ2) is 30.8. The summed E-state index contributed by atoms with van der Waals surface area (Å²) in [5, 5.41) is 42.8. The van der Waals surface area contributed by atoms with Crippen LogP contribution in [0.1, 0.15) is 85.6 Å². The van der Waals surface area contributed by atoms with E-state index in [0.29, 0.717) is 32.4 Å². The lowest BCUT2D eigenvalue weighted by Crippen LogP contribution is -2.46. The van der Waals surface area contributed by atoms with Gasteiger partial charge in [0.2, 0.25) is 17.7 Å². The number of rotatable bonds is 16. The number of carbonyl (C=O) groups excluding carboxylic acids is 3. The number of amides is 3. The third-order valence-corrected chi connectivity index (χ3v) is 5.70. The van der Waals surface area contributed by atoms with Crippen LogP contribution in [0, 0.1) is 5.92 Å². The highest BCUT2D eigenvalue weighted by atomic mass is 16.3. The van der Waals surface area contributed by atoms with E-state index >= 15 is 0 Å². The van der Waals surface area contributed by atoms with Gasteiger partial charge in [-0.3, -0.25) is 14.4 Å². The Bertz CT molecular complexity index is 976. The zero-order valence-corrected chi connectivity index (χ0v) is 28.0. The number of hydrogen-bond acceptors (Lipinski definition) is 7. The van der Waals surface area contributed by atoms with Gasteiger partial charge < -0.3 is 36.4 Å². The van der Waals surface area contributed by atoms with Crippen LogP contribution in [0.15, 0.2) is 54.7 Å². The molecule has 0 fully saturated rings. The maximum atomic E-state index is 12.6. The molecule has 0 heterocycles. The fourth-order valence-electron chi connectivity index (χ4n) is 3.15. The van der Waals surface area contributed by atoms with Crippen molar-refractivity contribution >= 4 is 17.7 Å². The van der Waals surface area contributed by atoms with Crippen molar-refractivity contribution in [3.63, 3.8) is 0 Å². The molecule has 0 aliphatic heterocycles. The van der Waals surface area contributed by atoms with Crippen LogP contribution in [0.25, 0.3) is 0 Å². The summed E-state index contributed by atoms with van der Waals surface area (Å²) in [5.74, 6) is -0.545. The van der Waals surface area contributed by atoms with Crippen LogP contribution < -0.4 is 16.0 Å². The Morgan fingerprint density at radius 2 is 1.57 bits per heavy atom. The molecule has 0 bridgehead atoms. The second-order valence-corrected chi connectivity index (χ2v) is 10.2. The van der Waals surface area contributed by atoms with Crippen molar-refractivity contribution in [1.29, 1.82) is 0 Å². The molecule has 0 radical (unpaired) electrons. The Kier molecular flexibility index (Phi) is 31.4. The van der Waals surface area contributed by atoms with Gasteiger partial charge in [-0.05, 0) is 49.3 Å².